The molecule has 4 aromatic rings. The van der Waals surface area contributed by atoms with Crippen molar-refractivity contribution in [3.8, 4) is 11.8 Å². The number of pyridine rings is 1. The van der Waals surface area contributed by atoms with E-state index < -0.39 is 0 Å². The van der Waals surface area contributed by atoms with E-state index in [-0.39, 0.29) is 11.7 Å². The Bertz CT molecular complexity index is 1730. The van der Waals surface area contributed by atoms with E-state index in [1.54, 1.807) is 17.0 Å². The summed E-state index contributed by atoms with van der Waals surface area (Å²) in [5.41, 5.74) is 4.16. The number of hydrogen-bond acceptors (Lipinski definition) is 7. The fraction of sp³-hybridized carbons (Fsp3) is 0.486. The van der Waals surface area contributed by atoms with Crippen LogP contribution in [0, 0.1) is 17.8 Å². The minimum atomic E-state index is -0.160. The molecule has 1 aromatic carbocycles. The van der Waals surface area contributed by atoms with Gasteiger partial charge in [0.25, 0.3) is 5.56 Å². The van der Waals surface area contributed by atoms with Gasteiger partial charge in [0.15, 0.2) is 0 Å². The summed E-state index contributed by atoms with van der Waals surface area (Å²) in [6.45, 7) is 3.45. The van der Waals surface area contributed by atoms with Crippen molar-refractivity contribution in [2.24, 2.45) is 5.92 Å². The average Bonchev–Trinajstić information content (AvgIpc) is 3.77. The van der Waals surface area contributed by atoms with Gasteiger partial charge in [0.05, 0.1) is 18.4 Å². The van der Waals surface area contributed by atoms with Gasteiger partial charge in [-0.2, -0.15) is 4.98 Å². The zero-order valence-electron chi connectivity index (χ0n) is 26.3. The quantitative estimate of drug-likeness (QED) is 0.237. The summed E-state index contributed by atoms with van der Waals surface area (Å²) in [5, 5.41) is 4.14. The van der Waals surface area contributed by atoms with Crippen LogP contribution >= 0.6 is 0 Å². The maximum atomic E-state index is 14.0. The van der Waals surface area contributed by atoms with Crippen LogP contribution in [-0.4, -0.2) is 52.3 Å². The molecule has 2 saturated heterocycles. The largest absolute Gasteiger partial charge is 0.469 e. The molecule has 5 heterocycles. The molecule has 1 atom stereocenters. The Morgan fingerprint density at radius 3 is 2.58 bits per heavy atom. The molecule has 3 fully saturated rings. The smallest absolute Gasteiger partial charge is 0.268 e. The van der Waals surface area contributed by atoms with Gasteiger partial charge in [-0.25, -0.2) is 4.98 Å². The van der Waals surface area contributed by atoms with Gasteiger partial charge < -0.3 is 19.4 Å². The summed E-state index contributed by atoms with van der Waals surface area (Å²) in [4.78, 5) is 25.9. The molecule has 0 amide bonds. The maximum Gasteiger partial charge on any atom is 0.268 e. The van der Waals surface area contributed by atoms with Crippen molar-refractivity contribution in [2.75, 3.05) is 32.1 Å². The molecule has 0 radical (unpaired) electrons. The number of anilines is 2. The van der Waals surface area contributed by atoms with Crippen LogP contribution in [0.1, 0.15) is 86.2 Å². The highest BCUT2D eigenvalue weighted by molar-refractivity contribution is 5.77. The molecule has 3 aliphatic rings. The van der Waals surface area contributed by atoms with Crippen molar-refractivity contribution in [1.29, 1.82) is 0 Å². The number of piperidine rings is 1. The lowest BCUT2D eigenvalue weighted by Gasteiger charge is -2.28. The van der Waals surface area contributed by atoms with E-state index in [0.29, 0.717) is 29.6 Å². The number of aromatic nitrogens is 3. The first-order valence-electron chi connectivity index (χ1n) is 16.7. The Hall–Kier alpha value is -3.93. The van der Waals surface area contributed by atoms with E-state index >= 15 is 0 Å². The van der Waals surface area contributed by atoms with Gasteiger partial charge in [0, 0.05) is 35.4 Å². The van der Waals surface area contributed by atoms with Crippen molar-refractivity contribution in [3.63, 3.8) is 0 Å². The van der Waals surface area contributed by atoms with Crippen LogP contribution in [0.3, 0.4) is 0 Å². The molecule has 8 nitrogen and oxygen atoms in total. The van der Waals surface area contributed by atoms with Crippen LogP contribution in [-0.2, 0) is 17.7 Å². The first-order valence-corrected chi connectivity index (χ1v) is 16.7. The second-order valence-corrected chi connectivity index (χ2v) is 13.1. The molecule has 1 unspecified atom stereocenters. The van der Waals surface area contributed by atoms with Crippen LogP contribution in [0.25, 0.3) is 11.0 Å². The molecule has 1 saturated carbocycles. The molecule has 7 rings (SSSR count). The predicted octanol–water partition coefficient (Wildman–Crippen LogP) is 6.64. The Labute approximate surface area is 265 Å². The Kier molecular flexibility index (Phi) is 8.99. The number of fused-ring (bicyclic) bond motifs is 1. The van der Waals surface area contributed by atoms with Gasteiger partial charge in [-0.1, -0.05) is 36.8 Å². The third-order valence-electron chi connectivity index (χ3n) is 9.78. The standard InChI is InChI=1S/C37H43N5O3/c1-41-18-15-27(16-19-41)22-26-9-12-32(13-10-26)39-37-38-24-31-23-29(11-14-33-8-4-5-20-44-33)36(43)42(35(31)40-37)25-30-17-21-45-34(30)28-6-2-3-7-28/h9-10,12-13,17,21,23-24,27-28,33H,2-8,15-16,18-20,22,25H2,1H3,(H,38,39,40). The van der Waals surface area contributed by atoms with Gasteiger partial charge in [-0.3, -0.25) is 9.36 Å². The van der Waals surface area contributed by atoms with Crippen molar-refractivity contribution in [1.82, 2.24) is 19.4 Å². The molecule has 1 N–H and O–H groups in total. The minimum Gasteiger partial charge on any atom is -0.469 e. The van der Waals surface area contributed by atoms with Crippen molar-refractivity contribution in [2.45, 2.75) is 82.8 Å². The number of ether oxygens (including phenoxy) is 1. The molecule has 234 valence electrons. The first-order chi connectivity index (χ1) is 22.1. The fourth-order valence-electron chi connectivity index (χ4n) is 7.12. The van der Waals surface area contributed by atoms with Gasteiger partial charge in [0.1, 0.15) is 17.5 Å². The molecule has 0 bridgehead atoms. The Morgan fingerprint density at radius 1 is 1.00 bits per heavy atom. The van der Waals surface area contributed by atoms with Crippen molar-refractivity contribution in [3.05, 3.63) is 81.7 Å². The number of rotatable bonds is 7. The van der Waals surface area contributed by atoms with Gasteiger partial charge in [-0.05, 0) is 107 Å². The predicted molar refractivity (Wildman–Crippen MR) is 177 cm³/mol. The van der Waals surface area contributed by atoms with Crippen LogP contribution in [0.4, 0.5) is 11.6 Å². The van der Waals surface area contributed by atoms with Crippen LogP contribution in [0.15, 0.2) is 58.1 Å². The van der Waals surface area contributed by atoms with E-state index in [1.165, 1.54) is 44.3 Å². The lowest BCUT2D eigenvalue weighted by atomic mass is 9.90. The van der Waals surface area contributed by atoms with Crippen LogP contribution < -0.4 is 10.9 Å². The summed E-state index contributed by atoms with van der Waals surface area (Å²) in [6, 6.07) is 12.4. The monoisotopic (exact) mass is 605 g/mol. The fourth-order valence-corrected chi connectivity index (χ4v) is 7.12. The third kappa shape index (κ3) is 7.00. The van der Waals surface area contributed by atoms with Crippen molar-refractivity contribution >= 4 is 22.7 Å². The minimum absolute atomic E-state index is 0.135. The molecular weight excluding hydrogens is 562 g/mol. The summed E-state index contributed by atoms with van der Waals surface area (Å²) in [6.07, 6.45) is 14.7. The SMILES string of the molecule is CN1CCC(Cc2ccc(Nc3ncc4cc(C#CC5CCCCO5)c(=O)n(Cc5ccoc5C5CCCC5)c4n3)cc2)CC1. The van der Waals surface area contributed by atoms with Crippen molar-refractivity contribution < 1.29 is 9.15 Å². The van der Waals surface area contributed by atoms with Gasteiger partial charge in [-0.15, -0.1) is 0 Å². The molecule has 1 aliphatic carbocycles. The van der Waals surface area contributed by atoms with E-state index in [2.05, 4.69) is 58.4 Å². The summed E-state index contributed by atoms with van der Waals surface area (Å²) in [7, 11) is 2.21. The third-order valence-corrected chi connectivity index (χ3v) is 9.78. The number of furan rings is 1. The van der Waals surface area contributed by atoms with E-state index in [9.17, 15) is 4.79 Å². The number of benzene rings is 1. The van der Waals surface area contributed by atoms with E-state index in [0.717, 1.165) is 73.4 Å². The first kappa shape index (κ1) is 29.8. The molecule has 45 heavy (non-hydrogen) atoms. The number of nitrogens with one attached hydrogen (secondary N) is 1. The number of likely N-dealkylation sites (tertiary alicyclic amines) is 1. The highest BCUT2D eigenvalue weighted by Crippen LogP contribution is 2.36. The highest BCUT2D eigenvalue weighted by atomic mass is 16.5. The average molecular weight is 606 g/mol. The summed E-state index contributed by atoms with van der Waals surface area (Å²) in [5.74, 6) is 8.95. The molecule has 8 heteroatoms. The zero-order chi connectivity index (χ0) is 30.6. The van der Waals surface area contributed by atoms with Crippen LogP contribution in [0.2, 0.25) is 0 Å². The van der Waals surface area contributed by atoms with Gasteiger partial charge in [0.2, 0.25) is 5.95 Å². The lowest BCUT2D eigenvalue weighted by Crippen LogP contribution is -2.30. The van der Waals surface area contributed by atoms with Gasteiger partial charge >= 0.3 is 0 Å². The Balaban J connectivity index is 1.17. The summed E-state index contributed by atoms with van der Waals surface area (Å²) < 4.78 is 13.5. The highest BCUT2D eigenvalue weighted by Gasteiger charge is 2.24. The molecular formula is C37H43N5O3. The Morgan fingerprint density at radius 2 is 1.80 bits per heavy atom. The second-order valence-electron chi connectivity index (χ2n) is 13.1. The zero-order valence-corrected chi connectivity index (χ0v) is 26.3. The molecule has 0 spiro atoms. The van der Waals surface area contributed by atoms with E-state index in [1.807, 2.05) is 12.1 Å². The topological polar surface area (TPSA) is 85.4 Å². The molecule has 2 aliphatic heterocycles. The lowest BCUT2D eigenvalue weighted by molar-refractivity contribution is 0.0526. The molecule has 3 aromatic heterocycles. The normalized spacial score (nSPS) is 19.9. The number of nitrogens with zero attached hydrogens (tertiary/aromatic N) is 4. The second kappa shape index (κ2) is 13.6. The van der Waals surface area contributed by atoms with E-state index in [4.69, 9.17) is 14.1 Å². The number of hydrogen-bond donors (Lipinski definition) is 1. The maximum absolute atomic E-state index is 14.0. The van der Waals surface area contributed by atoms with Crippen LogP contribution in [0.5, 0.6) is 0 Å². The summed E-state index contributed by atoms with van der Waals surface area (Å²) >= 11 is 0.